The van der Waals surface area contributed by atoms with Crippen molar-refractivity contribution in [1.82, 2.24) is 0 Å². The smallest absolute Gasteiger partial charge is 0.132 e. The number of ether oxygens (including phenoxy) is 1. The largest absolute Gasteiger partial charge is 0.457 e. The molecule has 0 radical (unpaired) electrons. The molecule has 4 aliphatic rings. The van der Waals surface area contributed by atoms with Crippen molar-refractivity contribution in [1.29, 1.82) is 0 Å². The number of hydrogen-bond donors (Lipinski definition) is 0. The summed E-state index contributed by atoms with van der Waals surface area (Å²) in [7, 11) is 0. The van der Waals surface area contributed by atoms with E-state index in [-0.39, 0.29) is 10.8 Å². The van der Waals surface area contributed by atoms with Gasteiger partial charge in [-0.05, 0) is 132 Å². The normalized spacial score (nSPS) is 15.1. The molecule has 10 aromatic carbocycles. The first-order chi connectivity index (χ1) is 33.7. The second-order valence-corrected chi connectivity index (χ2v) is 20.3. The third kappa shape index (κ3) is 5.43. The molecule has 1 aliphatic heterocycles. The second kappa shape index (κ2) is 14.4. The lowest BCUT2D eigenvalue weighted by molar-refractivity contribution is 0.435. The van der Waals surface area contributed by atoms with Gasteiger partial charge in [0.1, 0.15) is 11.5 Å². The van der Waals surface area contributed by atoms with Gasteiger partial charge >= 0.3 is 0 Å². The van der Waals surface area contributed by atoms with Crippen molar-refractivity contribution in [3.8, 4) is 67.1 Å². The fraction of sp³-hybridized carbons (Fsp3) is 0.104. The Hall–Kier alpha value is -8.20. The number of hydrogen-bond acceptors (Lipinski definition) is 2. The third-order valence-corrected chi connectivity index (χ3v) is 16.2. The van der Waals surface area contributed by atoms with Crippen LogP contribution >= 0.6 is 0 Å². The Kier molecular flexibility index (Phi) is 8.33. The number of nitrogens with zero attached hydrogens (tertiary/aromatic N) is 1. The molecule has 14 rings (SSSR count). The van der Waals surface area contributed by atoms with Gasteiger partial charge in [0, 0.05) is 38.9 Å². The lowest BCUT2D eigenvalue weighted by Crippen LogP contribution is -2.34. The summed E-state index contributed by atoms with van der Waals surface area (Å²) in [4.78, 5) is 2.50. The summed E-state index contributed by atoms with van der Waals surface area (Å²) in [5, 5.41) is 0. The zero-order chi connectivity index (χ0) is 46.2. The Balaban J connectivity index is 0.959. The predicted octanol–water partition coefficient (Wildman–Crippen LogP) is 17.6. The molecule has 0 unspecified atom stereocenters. The van der Waals surface area contributed by atoms with Gasteiger partial charge in [-0.1, -0.05) is 204 Å². The first-order valence-electron chi connectivity index (χ1n) is 24.3. The third-order valence-electron chi connectivity index (χ3n) is 16.2. The van der Waals surface area contributed by atoms with Crippen molar-refractivity contribution >= 4 is 17.1 Å². The van der Waals surface area contributed by atoms with Crippen LogP contribution in [0.3, 0.4) is 0 Å². The number of fused-ring (bicyclic) bond motifs is 17. The zero-order valence-electron chi connectivity index (χ0n) is 39.2. The van der Waals surface area contributed by atoms with Crippen molar-refractivity contribution in [2.75, 3.05) is 4.90 Å². The Bertz CT molecular complexity index is 3710. The van der Waals surface area contributed by atoms with E-state index in [1.807, 2.05) is 0 Å². The van der Waals surface area contributed by atoms with Gasteiger partial charge in [-0.15, -0.1) is 0 Å². The maximum atomic E-state index is 6.93. The van der Waals surface area contributed by atoms with Gasteiger partial charge in [-0.25, -0.2) is 0 Å². The van der Waals surface area contributed by atoms with Crippen molar-refractivity contribution in [2.24, 2.45) is 0 Å². The van der Waals surface area contributed by atoms with Crippen LogP contribution in [-0.2, 0) is 16.2 Å². The molecule has 2 heteroatoms. The molecule has 10 aromatic rings. The standard InChI is InChI=1S/C67H49NO/c1-65(2)54-25-12-10-23-52(54)64-58(65)29-17-30-61(64)68(45-37-38-51-50-22-7-11-24-53(50)66(3,4)59(51)41-45)44-35-32-42(33-36-44)43-34-39-63-60(40-43)67(57-28-15-16-31-62(57)69-63)55-26-13-8-20-48(55)46-18-5-6-19-47(46)49-21-9-14-27-56(49)67/h5-41H,1-4H3. The maximum absolute atomic E-state index is 6.93. The van der Waals surface area contributed by atoms with E-state index in [4.69, 9.17) is 4.74 Å². The summed E-state index contributed by atoms with van der Waals surface area (Å²) in [5.41, 5.74) is 25.3. The van der Waals surface area contributed by atoms with Crippen LogP contribution in [0, 0.1) is 0 Å². The van der Waals surface area contributed by atoms with E-state index in [1.54, 1.807) is 0 Å². The fourth-order valence-corrected chi connectivity index (χ4v) is 13.0. The molecule has 3 aliphatic carbocycles. The predicted molar refractivity (Wildman–Crippen MR) is 285 cm³/mol. The summed E-state index contributed by atoms with van der Waals surface area (Å²) in [6.45, 7) is 9.48. The summed E-state index contributed by atoms with van der Waals surface area (Å²) in [5.74, 6) is 1.76. The average molecular weight is 884 g/mol. The lowest BCUT2D eigenvalue weighted by atomic mass is 9.62. The van der Waals surface area contributed by atoms with E-state index in [0.29, 0.717) is 0 Å². The van der Waals surface area contributed by atoms with Gasteiger partial charge in [0.2, 0.25) is 0 Å². The highest BCUT2D eigenvalue weighted by Crippen LogP contribution is 2.62. The van der Waals surface area contributed by atoms with Crippen molar-refractivity contribution in [2.45, 2.75) is 43.9 Å². The topological polar surface area (TPSA) is 12.5 Å². The highest BCUT2D eigenvalue weighted by molar-refractivity contribution is 5.97. The molecule has 0 amide bonds. The molecule has 69 heavy (non-hydrogen) atoms. The Morgan fingerprint density at radius 1 is 0.304 bits per heavy atom. The molecule has 0 fully saturated rings. The van der Waals surface area contributed by atoms with Crippen LogP contribution in [0.5, 0.6) is 11.5 Å². The Labute approximate surface area is 404 Å². The summed E-state index contributed by atoms with van der Waals surface area (Å²) in [6, 6.07) is 83.7. The second-order valence-electron chi connectivity index (χ2n) is 20.3. The average Bonchev–Trinajstić information content (AvgIpc) is 3.73. The van der Waals surface area contributed by atoms with E-state index >= 15 is 0 Å². The van der Waals surface area contributed by atoms with Crippen molar-refractivity contribution in [3.63, 3.8) is 0 Å². The van der Waals surface area contributed by atoms with Crippen molar-refractivity contribution < 1.29 is 4.74 Å². The van der Waals surface area contributed by atoms with Gasteiger partial charge in [-0.2, -0.15) is 0 Å². The van der Waals surface area contributed by atoms with Gasteiger partial charge in [-0.3, -0.25) is 0 Å². The number of para-hydroxylation sites is 1. The summed E-state index contributed by atoms with van der Waals surface area (Å²) in [6.07, 6.45) is 0. The lowest BCUT2D eigenvalue weighted by Gasteiger charge is -2.42. The van der Waals surface area contributed by atoms with Crippen LogP contribution in [0.15, 0.2) is 224 Å². The number of benzene rings is 10. The van der Waals surface area contributed by atoms with Crippen LogP contribution in [0.1, 0.15) is 72.2 Å². The SMILES string of the molecule is CC1(C)c2ccccc2-c2ccc(N(c3ccc(-c4ccc5c(c4)C4(c6ccccc6O5)c5ccccc5-c5ccccc5-c5ccccc54)cc3)c3cccc4c3-c3ccccc3C4(C)C)cc21. The van der Waals surface area contributed by atoms with Crippen LogP contribution in [0.4, 0.5) is 17.1 Å². The monoisotopic (exact) mass is 883 g/mol. The van der Waals surface area contributed by atoms with Gasteiger partial charge in [0.25, 0.3) is 0 Å². The molecule has 0 aromatic heterocycles. The highest BCUT2D eigenvalue weighted by Gasteiger charge is 2.49. The first-order valence-corrected chi connectivity index (χ1v) is 24.3. The quantitative estimate of drug-likeness (QED) is 0.175. The number of anilines is 3. The molecule has 0 N–H and O–H groups in total. The molecule has 0 saturated carbocycles. The van der Waals surface area contributed by atoms with E-state index < -0.39 is 5.41 Å². The van der Waals surface area contributed by atoms with Gasteiger partial charge in [0.15, 0.2) is 0 Å². The molecule has 1 heterocycles. The minimum Gasteiger partial charge on any atom is -0.457 e. The van der Waals surface area contributed by atoms with Gasteiger partial charge < -0.3 is 9.64 Å². The minimum atomic E-state index is -0.665. The van der Waals surface area contributed by atoms with E-state index in [2.05, 4.69) is 257 Å². The van der Waals surface area contributed by atoms with E-state index in [1.165, 1.54) is 83.6 Å². The first kappa shape index (κ1) is 39.9. The molecular formula is C67H49NO. The highest BCUT2D eigenvalue weighted by atomic mass is 16.5. The maximum Gasteiger partial charge on any atom is 0.132 e. The molecule has 0 bridgehead atoms. The van der Waals surface area contributed by atoms with Crippen LogP contribution in [0.25, 0.3) is 55.6 Å². The van der Waals surface area contributed by atoms with Crippen LogP contribution < -0.4 is 9.64 Å². The number of rotatable bonds is 4. The molecule has 328 valence electrons. The molecule has 0 atom stereocenters. The van der Waals surface area contributed by atoms with E-state index in [9.17, 15) is 0 Å². The van der Waals surface area contributed by atoms with Crippen LogP contribution in [0.2, 0.25) is 0 Å². The Morgan fingerprint density at radius 3 is 1.43 bits per heavy atom. The molecule has 0 saturated heterocycles. The molecule has 1 spiro atoms. The van der Waals surface area contributed by atoms with Gasteiger partial charge in [0.05, 0.1) is 11.1 Å². The van der Waals surface area contributed by atoms with E-state index in [0.717, 1.165) is 45.1 Å². The van der Waals surface area contributed by atoms with Crippen molar-refractivity contribution in [3.05, 3.63) is 269 Å². The minimum absolute atomic E-state index is 0.131. The molecular weight excluding hydrogens is 835 g/mol. The zero-order valence-corrected chi connectivity index (χ0v) is 39.2. The van der Waals surface area contributed by atoms with Crippen LogP contribution in [-0.4, -0.2) is 0 Å². The summed E-state index contributed by atoms with van der Waals surface area (Å²) >= 11 is 0. The summed E-state index contributed by atoms with van der Waals surface area (Å²) < 4.78 is 6.93. The fourth-order valence-electron chi connectivity index (χ4n) is 13.0. The Morgan fingerprint density at radius 2 is 0.768 bits per heavy atom. The molecule has 2 nitrogen and oxygen atoms in total.